The predicted octanol–water partition coefficient (Wildman–Crippen LogP) is 0.191. The van der Waals surface area contributed by atoms with Crippen molar-refractivity contribution < 1.29 is 14.6 Å². The van der Waals surface area contributed by atoms with E-state index in [0.717, 1.165) is 0 Å². The van der Waals surface area contributed by atoms with Crippen LogP contribution in [0.5, 0.6) is 0 Å². The number of aliphatic hydroxyl groups is 2. The molecular weight excluding hydrogens is 148 g/mol. The van der Waals surface area contributed by atoms with E-state index in [0.29, 0.717) is 0 Å². The third kappa shape index (κ3) is 4.93. The highest BCUT2D eigenvalue weighted by atomic mass is 28.4. The van der Waals surface area contributed by atoms with Crippen molar-refractivity contribution in [2.75, 3.05) is 13.2 Å². The molecule has 0 aromatic rings. The van der Waals surface area contributed by atoms with Gasteiger partial charge in [-0.2, -0.15) is 0 Å². The second-order valence-electron chi connectivity index (χ2n) is 3.22. The quantitative estimate of drug-likeness (QED) is 0.583. The molecule has 0 saturated heterocycles. The molecule has 0 atom stereocenters. The fraction of sp³-hybridized carbons (Fsp3) is 1.00. The van der Waals surface area contributed by atoms with E-state index in [2.05, 4.69) is 0 Å². The lowest BCUT2D eigenvalue weighted by Crippen LogP contribution is -2.35. The molecule has 0 heterocycles. The maximum Gasteiger partial charge on any atom is 0.184 e. The Morgan fingerprint density at radius 3 is 1.70 bits per heavy atom. The second-order valence-corrected chi connectivity index (χ2v) is 7.68. The van der Waals surface area contributed by atoms with E-state index >= 15 is 0 Å². The molecule has 0 unspecified atom stereocenters. The third-order valence-electron chi connectivity index (χ3n) is 0.927. The first-order valence-electron chi connectivity index (χ1n) is 3.39. The minimum Gasteiger partial charge on any atom is -0.410 e. The Morgan fingerprint density at radius 1 is 1.20 bits per heavy atom. The summed E-state index contributed by atoms with van der Waals surface area (Å²) >= 11 is 0. The molecule has 0 amide bonds. The molecule has 0 aliphatic heterocycles. The standard InChI is InChI=1S/C6H16O3Si/c1-10(2,3)9-6(4-7)5-8/h6-8H,4-5H2,1-3H3. The molecule has 0 aromatic heterocycles. The number of hydrogen-bond acceptors (Lipinski definition) is 3. The Labute approximate surface area is 62.8 Å². The summed E-state index contributed by atoms with van der Waals surface area (Å²) in [6, 6.07) is 0. The lowest BCUT2D eigenvalue weighted by Gasteiger charge is -2.23. The van der Waals surface area contributed by atoms with Gasteiger partial charge in [0.15, 0.2) is 8.32 Å². The van der Waals surface area contributed by atoms with Crippen molar-refractivity contribution in [1.82, 2.24) is 0 Å². The molecule has 3 nitrogen and oxygen atoms in total. The molecule has 10 heavy (non-hydrogen) atoms. The van der Waals surface area contributed by atoms with Crippen LogP contribution in [0, 0.1) is 0 Å². The predicted molar refractivity (Wildman–Crippen MR) is 42.4 cm³/mol. The van der Waals surface area contributed by atoms with Gasteiger partial charge in [0.25, 0.3) is 0 Å². The maximum absolute atomic E-state index is 8.63. The summed E-state index contributed by atoms with van der Waals surface area (Å²) in [6.45, 7) is 5.86. The highest BCUT2D eigenvalue weighted by molar-refractivity contribution is 6.69. The summed E-state index contributed by atoms with van der Waals surface area (Å²) in [5.74, 6) is 0. The molecule has 4 heteroatoms. The number of hydrogen-bond donors (Lipinski definition) is 2. The minimum absolute atomic E-state index is 0.0965. The molecule has 0 bridgehead atoms. The zero-order chi connectivity index (χ0) is 8.20. The van der Waals surface area contributed by atoms with Gasteiger partial charge >= 0.3 is 0 Å². The molecule has 0 radical (unpaired) electrons. The highest BCUT2D eigenvalue weighted by Gasteiger charge is 2.19. The van der Waals surface area contributed by atoms with Gasteiger partial charge in [0.2, 0.25) is 0 Å². The Morgan fingerprint density at radius 2 is 1.60 bits per heavy atom. The van der Waals surface area contributed by atoms with Gasteiger partial charge in [-0.25, -0.2) is 0 Å². The smallest absolute Gasteiger partial charge is 0.184 e. The van der Waals surface area contributed by atoms with Crippen LogP contribution in [0.15, 0.2) is 0 Å². The minimum atomic E-state index is -1.58. The van der Waals surface area contributed by atoms with Crippen molar-refractivity contribution in [2.24, 2.45) is 0 Å². The molecule has 0 aliphatic rings. The topological polar surface area (TPSA) is 49.7 Å². The molecule has 0 fully saturated rings. The average molecular weight is 164 g/mol. The van der Waals surface area contributed by atoms with Crippen LogP contribution in [0.4, 0.5) is 0 Å². The van der Waals surface area contributed by atoms with Crippen LogP contribution in [-0.4, -0.2) is 37.8 Å². The van der Waals surface area contributed by atoms with Crippen LogP contribution in [0.1, 0.15) is 0 Å². The molecule has 2 N–H and O–H groups in total. The van der Waals surface area contributed by atoms with Crippen molar-refractivity contribution in [3.8, 4) is 0 Å². The molecule has 0 aliphatic carbocycles. The van der Waals surface area contributed by atoms with Gasteiger partial charge in [0, 0.05) is 0 Å². The van der Waals surface area contributed by atoms with Crippen LogP contribution in [0.25, 0.3) is 0 Å². The van der Waals surface area contributed by atoms with Gasteiger partial charge in [0.05, 0.1) is 19.3 Å². The summed E-state index contributed by atoms with van der Waals surface area (Å²) < 4.78 is 5.38. The van der Waals surface area contributed by atoms with Crippen molar-refractivity contribution in [1.29, 1.82) is 0 Å². The molecular formula is C6H16O3Si. The lowest BCUT2D eigenvalue weighted by atomic mass is 10.4. The summed E-state index contributed by atoms with van der Waals surface area (Å²) in [5.41, 5.74) is 0. The molecule has 0 rings (SSSR count). The Bertz CT molecular complexity index is 85.5. The summed E-state index contributed by atoms with van der Waals surface area (Å²) in [4.78, 5) is 0. The molecule has 0 aromatic carbocycles. The zero-order valence-electron chi connectivity index (χ0n) is 6.79. The van der Waals surface area contributed by atoms with E-state index in [4.69, 9.17) is 14.6 Å². The zero-order valence-corrected chi connectivity index (χ0v) is 7.79. The number of rotatable bonds is 4. The summed E-state index contributed by atoms with van der Waals surface area (Å²) in [6.07, 6.45) is -0.383. The Kier molecular flexibility index (Phi) is 4.11. The third-order valence-corrected chi connectivity index (χ3v) is 1.97. The van der Waals surface area contributed by atoms with E-state index in [1.54, 1.807) is 0 Å². The van der Waals surface area contributed by atoms with E-state index in [1.807, 2.05) is 19.6 Å². The van der Waals surface area contributed by atoms with Gasteiger partial charge < -0.3 is 14.6 Å². The van der Waals surface area contributed by atoms with Gasteiger partial charge in [-0.05, 0) is 19.6 Å². The van der Waals surface area contributed by atoms with E-state index in [9.17, 15) is 0 Å². The largest absolute Gasteiger partial charge is 0.410 e. The van der Waals surface area contributed by atoms with Gasteiger partial charge in [-0.1, -0.05) is 0 Å². The molecule has 62 valence electrons. The average Bonchev–Trinajstić information content (AvgIpc) is 1.81. The van der Waals surface area contributed by atoms with Gasteiger partial charge in [-0.15, -0.1) is 0 Å². The lowest BCUT2D eigenvalue weighted by molar-refractivity contribution is 0.0577. The van der Waals surface area contributed by atoms with Crippen molar-refractivity contribution in [2.45, 2.75) is 25.7 Å². The normalized spacial score (nSPS) is 12.6. The van der Waals surface area contributed by atoms with Crippen LogP contribution in [0.3, 0.4) is 0 Å². The van der Waals surface area contributed by atoms with E-state index in [1.165, 1.54) is 0 Å². The second kappa shape index (κ2) is 4.08. The molecule has 0 saturated carbocycles. The first-order chi connectivity index (χ1) is 4.49. The highest BCUT2D eigenvalue weighted by Crippen LogP contribution is 2.05. The fourth-order valence-electron chi connectivity index (χ4n) is 0.632. The van der Waals surface area contributed by atoms with Crippen LogP contribution < -0.4 is 0 Å². The van der Waals surface area contributed by atoms with Crippen molar-refractivity contribution >= 4 is 8.32 Å². The van der Waals surface area contributed by atoms with Gasteiger partial charge in [-0.3, -0.25) is 0 Å². The fourth-order valence-corrected chi connectivity index (χ4v) is 1.78. The van der Waals surface area contributed by atoms with Crippen LogP contribution in [0.2, 0.25) is 19.6 Å². The van der Waals surface area contributed by atoms with Crippen molar-refractivity contribution in [3.05, 3.63) is 0 Å². The first-order valence-corrected chi connectivity index (χ1v) is 6.80. The van der Waals surface area contributed by atoms with E-state index in [-0.39, 0.29) is 19.3 Å². The monoisotopic (exact) mass is 164 g/mol. The van der Waals surface area contributed by atoms with Crippen LogP contribution in [-0.2, 0) is 4.43 Å². The van der Waals surface area contributed by atoms with Crippen molar-refractivity contribution in [3.63, 3.8) is 0 Å². The Balaban J connectivity index is 3.63. The SMILES string of the molecule is C[Si](C)(C)OC(CO)CO. The Hall–Kier alpha value is 0.0969. The van der Waals surface area contributed by atoms with E-state index < -0.39 is 8.32 Å². The summed E-state index contributed by atoms with van der Waals surface area (Å²) in [5, 5.41) is 17.3. The maximum atomic E-state index is 8.63. The summed E-state index contributed by atoms with van der Waals surface area (Å²) in [7, 11) is -1.58. The van der Waals surface area contributed by atoms with Gasteiger partial charge in [0.1, 0.15) is 0 Å². The van der Waals surface area contributed by atoms with Crippen LogP contribution >= 0.6 is 0 Å². The first kappa shape index (κ1) is 10.1. The number of aliphatic hydroxyl groups excluding tert-OH is 2. The molecule has 0 spiro atoms.